The summed E-state index contributed by atoms with van der Waals surface area (Å²) < 4.78 is 30.2. The van der Waals surface area contributed by atoms with Crippen LogP contribution in [0.4, 0.5) is 0 Å². The molecule has 11 heteroatoms. The summed E-state index contributed by atoms with van der Waals surface area (Å²) in [5, 5.41) is 9.73. The summed E-state index contributed by atoms with van der Waals surface area (Å²) in [6.07, 6.45) is 4.38. The van der Waals surface area contributed by atoms with E-state index >= 15 is 0 Å². The summed E-state index contributed by atoms with van der Waals surface area (Å²) in [5.41, 5.74) is 0. The van der Waals surface area contributed by atoms with E-state index in [0.717, 1.165) is 12.8 Å². The van der Waals surface area contributed by atoms with E-state index in [1.807, 2.05) is 10.8 Å². The van der Waals surface area contributed by atoms with E-state index in [1.54, 1.807) is 30.0 Å². The quantitative estimate of drug-likeness (QED) is 0.487. The molecule has 1 aliphatic carbocycles. The second-order valence-corrected chi connectivity index (χ2v) is 9.62. The minimum Gasteiger partial charge on any atom is -0.347 e. The van der Waals surface area contributed by atoms with Crippen molar-refractivity contribution in [3.05, 3.63) is 40.9 Å². The van der Waals surface area contributed by atoms with Gasteiger partial charge in [0.1, 0.15) is 6.04 Å². The normalized spacial score (nSPS) is 15.3. The van der Waals surface area contributed by atoms with E-state index in [9.17, 15) is 13.2 Å². The molecule has 1 amide bonds. The monoisotopic (exact) mass is 441 g/mol. The van der Waals surface area contributed by atoms with Crippen molar-refractivity contribution in [2.75, 3.05) is 12.0 Å². The molecule has 1 heterocycles. The van der Waals surface area contributed by atoms with E-state index in [2.05, 4.69) is 20.2 Å². The maximum Gasteiger partial charge on any atom is 0.241 e. The highest BCUT2D eigenvalue weighted by atomic mass is 32.2. The zero-order chi connectivity index (χ0) is 20.1. The van der Waals surface area contributed by atoms with Crippen molar-refractivity contribution in [2.45, 2.75) is 42.8 Å². The summed E-state index contributed by atoms with van der Waals surface area (Å²) in [4.78, 5) is 12.8. The lowest BCUT2D eigenvalue weighted by Gasteiger charge is -2.18. The van der Waals surface area contributed by atoms with Gasteiger partial charge in [0.05, 0.1) is 11.4 Å². The summed E-state index contributed by atoms with van der Waals surface area (Å²) in [7, 11) is -3.79. The van der Waals surface area contributed by atoms with E-state index in [0.29, 0.717) is 28.8 Å². The lowest BCUT2D eigenvalue weighted by Crippen LogP contribution is -2.47. The molecule has 1 aromatic carbocycles. The zero-order valence-electron chi connectivity index (χ0n) is 15.4. The molecule has 8 nitrogen and oxygen atoms in total. The summed E-state index contributed by atoms with van der Waals surface area (Å²) in [6, 6.07) is 7.50. The van der Waals surface area contributed by atoms with Gasteiger partial charge in [0.15, 0.2) is 10.6 Å². The highest BCUT2D eigenvalue weighted by Crippen LogP contribution is 2.35. The van der Waals surface area contributed by atoms with Gasteiger partial charge in [-0.05, 0) is 55.6 Å². The van der Waals surface area contributed by atoms with Gasteiger partial charge in [-0.2, -0.15) is 21.6 Å². The van der Waals surface area contributed by atoms with Crippen LogP contribution in [0.25, 0.3) is 0 Å². The molecule has 1 atom stereocenters. The van der Waals surface area contributed by atoms with Gasteiger partial charge in [-0.3, -0.25) is 14.5 Å². The van der Waals surface area contributed by atoms with E-state index in [4.69, 9.17) is 12.2 Å². The van der Waals surface area contributed by atoms with Crippen molar-refractivity contribution in [2.24, 2.45) is 0 Å². The molecular weight excluding hydrogens is 418 g/mol. The Morgan fingerprint density at radius 2 is 2.11 bits per heavy atom. The smallest absolute Gasteiger partial charge is 0.241 e. The molecular formula is C17H23N5O3S3. The number of rotatable bonds is 10. The molecule has 0 bridgehead atoms. The number of benzene rings is 1. The first-order valence-electron chi connectivity index (χ1n) is 8.92. The van der Waals surface area contributed by atoms with Crippen LogP contribution in [0, 0.1) is 4.77 Å². The van der Waals surface area contributed by atoms with Crippen LogP contribution >= 0.6 is 24.0 Å². The Morgan fingerprint density at radius 1 is 1.39 bits per heavy atom. The number of nitrogens with one attached hydrogen (secondary N) is 3. The third kappa shape index (κ3) is 5.22. The van der Waals surface area contributed by atoms with Crippen molar-refractivity contribution in [1.29, 1.82) is 0 Å². The highest BCUT2D eigenvalue weighted by molar-refractivity contribution is 7.98. The Bertz CT molecular complexity index is 967. The minimum atomic E-state index is -3.79. The van der Waals surface area contributed by atoms with Crippen LogP contribution < -0.4 is 10.0 Å². The highest BCUT2D eigenvalue weighted by Gasteiger charge is 2.29. The summed E-state index contributed by atoms with van der Waals surface area (Å²) >= 11 is 6.79. The van der Waals surface area contributed by atoms with Gasteiger partial charge in [-0.15, -0.1) is 0 Å². The zero-order valence-corrected chi connectivity index (χ0v) is 17.9. The fourth-order valence-corrected chi connectivity index (χ4v) is 4.82. The Hall–Kier alpha value is -1.69. The molecule has 1 aromatic heterocycles. The van der Waals surface area contributed by atoms with Gasteiger partial charge in [0.25, 0.3) is 0 Å². The molecule has 152 valence electrons. The first kappa shape index (κ1) is 21.0. The predicted octanol–water partition coefficient (Wildman–Crippen LogP) is 1.99. The molecule has 0 spiro atoms. The number of amides is 1. The molecule has 28 heavy (non-hydrogen) atoms. The summed E-state index contributed by atoms with van der Waals surface area (Å²) in [6.45, 7) is 0.186. The Labute approximate surface area is 173 Å². The average molecular weight is 442 g/mol. The number of sulfonamides is 1. The lowest BCUT2D eigenvalue weighted by atomic mass is 10.2. The van der Waals surface area contributed by atoms with Crippen molar-refractivity contribution in [3.63, 3.8) is 0 Å². The molecule has 1 saturated carbocycles. The van der Waals surface area contributed by atoms with Crippen molar-refractivity contribution < 1.29 is 13.2 Å². The first-order valence-corrected chi connectivity index (χ1v) is 12.2. The number of aromatic nitrogens is 3. The molecule has 2 aromatic rings. The van der Waals surface area contributed by atoms with Crippen molar-refractivity contribution in [1.82, 2.24) is 24.8 Å². The average Bonchev–Trinajstić information content (AvgIpc) is 3.46. The van der Waals surface area contributed by atoms with Gasteiger partial charge in [0, 0.05) is 6.04 Å². The maximum atomic E-state index is 12.7. The van der Waals surface area contributed by atoms with Crippen LogP contribution in [0.2, 0.25) is 0 Å². The van der Waals surface area contributed by atoms with Gasteiger partial charge in [0.2, 0.25) is 15.9 Å². The Morgan fingerprint density at radius 3 is 2.75 bits per heavy atom. The lowest BCUT2D eigenvalue weighted by molar-refractivity contribution is -0.123. The van der Waals surface area contributed by atoms with Gasteiger partial charge >= 0.3 is 0 Å². The van der Waals surface area contributed by atoms with E-state index < -0.39 is 16.1 Å². The molecule has 0 radical (unpaired) electrons. The number of aromatic amines is 1. The number of carbonyl (C=O) groups is 1. The van der Waals surface area contributed by atoms with Crippen LogP contribution in [0.15, 0.2) is 35.2 Å². The number of H-pyrrole nitrogens is 1. The number of thioether (sulfide) groups is 1. The standard InChI is InChI=1S/C17H23N5O3S3/c1-27-10-9-14(21-28(24,25)13-5-3-2-4-6-13)16(23)18-11-15-19-20-17(26)22(15)12-7-8-12/h2-6,12,14,21H,7-11H2,1H3,(H,18,23)(H,20,26). The summed E-state index contributed by atoms with van der Waals surface area (Å²) in [5.74, 6) is 0.913. The Kier molecular flexibility index (Phi) is 6.91. The van der Waals surface area contributed by atoms with Gasteiger partial charge in [-0.1, -0.05) is 18.2 Å². The largest absolute Gasteiger partial charge is 0.347 e. The number of carbonyl (C=O) groups excluding carboxylic acids is 1. The number of hydrogen-bond acceptors (Lipinski definition) is 6. The van der Waals surface area contributed by atoms with Crippen molar-refractivity contribution >= 4 is 39.9 Å². The second kappa shape index (κ2) is 9.21. The van der Waals surface area contributed by atoms with Gasteiger partial charge in [-0.25, -0.2) is 8.42 Å². The fourth-order valence-electron chi connectivity index (χ4n) is 2.79. The first-order chi connectivity index (χ1) is 13.4. The second-order valence-electron chi connectivity index (χ2n) is 6.53. The maximum absolute atomic E-state index is 12.7. The topological polar surface area (TPSA) is 109 Å². The molecule has 0 saturated heterocycles. The Balaban J connectivity index is 1.69. The molecule has 3 N–H and O–H groups in total. The van der Waals surface area contributed by atoms with E-state index in [-0.39, 0.29) is 17.3 Å². The van der Waals surface area contributed by atoms with E-state index in [1.165, 1.54) is 12.1 Å². The SMILES string of the molecule is CSCCC(NS(=O)(=O)c1ccccc1)C(=O)NCc1n[nH]c(=S)n1C1CC1. The minimum absolute atomic E-state index is 0.131. The molecule has 1 fully saturated rings. The third-order valence-corrected chi connectivity index (χ3v) is 6.81. The predicted molar refractivity (Wildman–Crippen MR) is 111 cm³/mol. The number of nitrogens with zero attached hydrogens (tertiary/aromatic N) is 2. The van der Waals surface area contributed by atoms with Crippen molar-refractivity contribution in [3.8, 4) is 0 Å². The molecule has 1 aliphatic rings. The fraction of sp³-hybridized carbons (Fsp3) is 0.471. The molecule has 3 rings (SSSR count). The van der Waals surface area contributed by atoms with Crippen LogP contribution in [0.3, 0.4) is 0 Å². The molecule has 1 unspecified atom stereocenters. The molecule has 0 aliphatic heterocycles. The van der Waals surface area contributed by atoms with Crippen LogP contribution in [0.1, 0.15) is 31.1 Å². The van der Waals surface area contributed by atoms with Crippen LogP contribution in [0.5, 0.6) is 0 Å². The van der Waals surface area contributed by atoms with Crippen LogP contribution in [-0.2, 0) is 21.4 Å². The third-order valence-electron chi connectivity index (χ3n) is 4.39. The van der Waals surface area contributed by atoms with Gasteiger partial charge < -0.3 is 5.32 Å². The van der Waals surface area contributed by atoms with Crippen LogP contribution in [-0.4, -0.2) is 47.1 Å². The number of hydrogen-bond donors (Lipinski definition) is 3.